The maximum absolute atomic E-state index is 12.4. The van der Waals surface area contributed by atoms with Crippen LogP contribution in [0.1, 0.15) is 0 Å². The first-order valence-corrected chi connectivity index (χ1v) is 2.75. The molecular weight excluding hydrogens is 130 g/mol. The molecule has 10 heavy (non-hydrogen) atoms. The maximum Gasteiger partial charge on any atom is 0.125 e. The Morgan fingerprint density at radius 3 is 2.70 bits per heavy atom. The van der Waals surface area contributed by atoms with Crippen molar-refractivity contribution in [2.45, 2.75) is 0 Å². The Kier molecular flexibility index (Phi) is 1.92. The molecule has 0 aliphatic rings. The molecule has 0 aliphatic heterocycles. The van der Waals surface area contributed by atoms with Gasteiger partial charge in [0.1, 0.15) is 13.7 Å². The number of nitrogens with two attached hydrogens (primary N) is 1. The van der Waals surface area contributed by atoms with Crippen LogP contribution in [0.25, 0.3) is 0 Å². The molecule has 1 aromatic carbocycles. The first-order valence-electron chi connectivity index (χ1n) is 2.75. The molecule has 1 aromatic rings. The van der Waals surface area contributed by atoms with Gasteiger partial charge in [-0.3, -0.25) is 5.84 Å². The van der Waals surface area contributed by atoms with E-state index in [1.54, 1.807) is 0 Å². The third kappa shape index (κ3) is 1.27. The average Bonchev–Trinajstić information content (AvgIpc) is 1.94. The smallest absolute Gasteiger partial charge is 0.125 e. The lowest BCUT2D eigenvalue weighted by atomic mass is 9.94. The second-order valence-electron chi connectivity index (χ2n) is 1.88. The highest BCUT2D eigenvalue weighted by atomic mass is 19.1. The van der Waals surface area contributed by atoms with E-state index in [0.29, 0.717) is 11.2 Å². The fourth-order valence-corrected chi connectivity index (χ4v) is 0.654. The zero-order valence-corrected chi connectivity index (χ0v) is 5.26. The monoisotopic (exact) mass is 136 g/mol. The number of nitrogens with one attached hydrogen (secondary N) is 1. The number of hydrogen-bond donors (Lipinski definition) is 2. The van der Waals surface area contributed by atoms with Crippen molar-refractivity contribution in [2.75, 3.05) is 5.43 Å². The lowest BCUT2D eigenvalue weighted by Crippen LogP contribution is -2.17. The average molecular weight is 136 g/mol. The van der Waals surface area contributed by atoms with Crippen LogP contribution >= 0.6 is 0 Å². The van der Waals surface area contributed by atoms with Crippen LogP contribution in [0.3, 0.4) is 0 Å². The first kappa shape index (κ1) is 7.09. The maximum atomic E-state index is 12.4. The Morgan fingerprint density at radius 1 is 1.50 bits per heavy atom. The van der Waals surface area contributed by atoms with E-state index in [4.69, 9.17) is 13.7 Å². The van der Waals surface area contributed by atoms with Gasteiger partial charge in [-0.1, -0.05) is 11.5 Å². The summed E-state index contributed by atoms with van der Waals surface area (Å²) >= 11 is 0. The van der Waals surface area contributed by atoms with Crippen molar-refractivity contribution in [2.24, 2.45) is 5.84 Å². The summed E-state index contributed by atoms with van der Waals surface area (Å²) in [5.74, 6) is 4.66. The van der Waals surface area contributed by atoms with Crippen LogP contribution in [-0.4, -0.2) is 7.85 Å². The largest absolute Gasteiger partial charge is 0.325 e. The fraction of sp³-hybridized carbons (Fsp3) is 0. The van der Waals surface area contributed by atoms with Gasteiger partial charge in [0.25, 0.3) is 0 Å². The highest BCUT2D eigenvalue weighted by Crippen LogP contribution is 2.03. The van der Waals surface area contributed by atoms with Gasteiger partial charge in [-0.25, -0.2) is 4.39 Å². The van der Waals surface area contributed by atoms with Crippen LogP contribution in [-0.2, 0) is 0 Å². The van der Waals surface area contributed by atoms with Gasteiger partial charge < -0.3 is 5.43 Å². The van der Waals surface area contributed by atoms with Crippen LogP contribution < -0.4 is 16.7 Å². The number of hydrogen-bond acceptors (Lipinski definition) is 2. The minimum atomic E-state index is -0.359. The zero-order chi connectivity index (χ0) is 7.56. The third-order valence-corrected chi connectivity index (χ3v) is 1.17. The molecule has 0 amide bonds. The normalized spacial score (nSPS) is 9.40. The standard InChI is InChI=1S/C6H6BFN2/c7-5-2-1-4(8)3-6(5)10-9/h1-3,10H,9H2. The lowest BCUT2D eigenvalue weighted by Gasteiger charge is -2.03. The molecule has 0 atom stereocenters. The molecule has 1 rings (SSSR count). The number of benzene rings is 1. The number of hydrazine groups is 1. The van der Waals surface area contributed by atoms with E-state index in [2.05, 4.69) is 5.43 Å². The number of nitrogen functional groups attached to an aromatic ring is 1. The summed E-state index contributed by atoms with van der Waals surface area (Å²) in [5.41, 5.74) is 3.11. The molecule has 0 aromatic heterocycles. The summed E-state index contributed by atoms with van der Waals surface area (Å²) in [6.45, 7) is 0. The van der Waals surface area contributed by atoms with Crippen molar-refractivity contribution in [3.05, 3.63) is 24.0 Å². The van der Waals surface area contributed by atoms with E-state index in [1.165, 1.54) is 18.2 Å². The Balaban J connectivity index is 3.09. The molecule has 2 radical (unpaired) electrons. The Bertz CT molecular complexity index is 239. The van der Waals surface area contributed by atoms with Gasteiger partial charge in [-0.05, 0) is 12.1 Å². The molecule has 0 aliphatic carbocycles. The first-order chi connectivity index (χ1) is 4.74. The summed E-state index contributed by atoms with van der Waals surface area (Å²) in [7, 11) is 5.39. The second kappa shape index (κ2) is 2.71. The summed E-state index contributed by atoms with van der Waals surface area (Å²) in [6.07, 6.45) is 0. The quantitative estimate of drug-likeness (QED) is 0.321. The molecule has 0 spiro atoms. The van der Waals surface area contributed by atoms with Crippen molar-refractivity contribution < 1.29 is 4.39 Å². The summed E-state index contributed by atoms with van der Waals surface area (Å²) in [4.78, 5) is 0. The summed E-state index contributed by atoms with van der Waals surface area (Å²) in [6, 6.07) is 3.95. The van der Waals surface area contributed by atoms with Crippen molar-refractivity contribution in [3.8, 4) is 0 Å². The zero-order valence-electron chi connectivity index (χ0n) is 5.26. The topological polar surface area (TPSA) is 38.0 Å². The van der Waals surface area contributed by atoms with Crippen LogP contribution in [0.15, 0.2) is 18.2 Å². The van der Waals surface area contributed by atoms with Crippen LogP contribution in [0.4, 0.5) is 10.1 Å². The molecule has 3 N–H and O–H groups in total. The fourth-order valence-electron chi connectivity index (χ4n) is 0.654. The van der Waals surface area contributed by atoms with Gasteiger partial charge in [0.2, 0.25) is 0 Å². The Morgan fingerprint density at radius 2 is 2.20 bits per heavy atom. The van der Waals surface area contributed by atoms with E-state index in [0.717, 1.165) is 0 Å². The highest BCUT2D eigenvalue weighted by Gasteiger charge is 1.95. The van der Waals surface area contributed by atoms with Gasteiger partial charge in [0.05, 0.1) is 0 Å². The van der Waals surface area contributed by atoms with E-state index < -0.39 is 0 Å². The van der Waals surface area contributed by atoms with Gasteiger partial charge in [0, 0.05) is 5.69 Å². The number of rotatable bonds is 1. The number of halogens is 1. The Labute approximate surface area is 59.6 Å². The third-order valence-electron chi connectivity index (χ3n) is 1.17. The SMILES string of the molecule is [B]c1ccc(F)cc1NN. The second-order valence-corrected chi connectivity index (χ2v) is 1.88. The van der Waals surface area contributed by atoms with Gasteiger partial charge in [-0.2, -0.15) is 0 Å². The molecule has 0 saturated heterocycles. The van der Waals surface area contributed by atoms with Crippen LogP contribution in [0.2, 0.25) is 0 Å². The van der Waals surface area contributed by atoms with Crippen molar-refractivity contribution in [1.29, 1.82) is 0 Å². The van der Waals surface area contributed by atoms with Gasteiger partial charge in [-0.15, -0.1) is 0 Å². The molecule has 0 bridgehead atoms. The molecule has 0 unspecified atom stereocenters. The van der Waals surface area contributed by atoms with Gasteiger partial charge >= 0.3 is 0 Å². The van der Waals surface area contributed by atoms with Crippen LogP contribution in [0, 0.1) is 5.82 Å². The Hall–Kier alpha value is -1.03. The van der Waals surface area contributed by atoms with Gasteiger partial charge in [0.15, 0.2) is 0 Å². The van der Waals surface area contributed by atoms with Crippen molar-refractivity contribution in [1.82, 2.24) is 0 Å². The highest BCUT2D eigenvalue weighted by molar-refractivity contribution is 6.35. The molecule has 2 nitrogen and oxygen atoms in total. The lowest BCUT2D eigenvalue weighted by molar-refractivity contribution is 0.628. The van der Waals surface area contributed by atoms with Crippen LogP contribution in [0.5, 0.6) is 0 Å². The minimum Gasteiger partial charge on any atom is -0.325 e. The molecule has 0 saturated carbocycles. The molecule has 4 heteroatoms. The van der Waals surface area contributed by atoms with E-state index in [-0.39, 0.29) is 5.82 Å². The molecular formula is C6H6BFN2. The minimum absolute atomic E-state index is 0.359. The number of anilines is 1. The predicted octanol–water partition coefficient (Wildman–Crippen LogP) is -0.0949. The van der Waals surface area contributed by atoms with E-state index in [1.807, 2.05) is 0 Å². The van der Waals surface area contributed by atoms with Crippen molar-refractivity contribution >= 4 is 19.0 Å². The molecule has 50 valence electrons. The predicted molar refractivity (Wildman–Crippen MR) is 39.6 cm³/mol. The summed E-state index contributed by atoms with van der Waals surface area (Å²) in [5, 5.41) is 0. The molecule has 0 heterocycles. The van der Waals surface area contributed by atoms with E-state index in [9.17, 15) is 4.39 Å². The van der Waals surface area contributed by atoms with Crippen molar-refractivity contribution in [3.63, 3.8) is 0 Å². The summed E-state index contributed by atoms with van der Waals surface area (Å²) < 4.78 is 12.4. The molecule has 0 fully saturated rings. The van der Waals surface area contributed by atoms with E-state index >= 15 is 0 Å².